The summed E-state index contributed by atoms with van der Waals surface area (Å²) in [6.45, 7) is 3.83. The van der Waals surface area contributed by atoms with Crippen LogP contribution in [0.1, 0.15) is 37.0 Å². The summed E-state index contributed by atoms with van der Waals surface area (Å²) >= 11 is 0. The van der Waals surface area contributed by atoms with Gasteiger partial charge in [-0.25, -0.2) is 4.79 Å². The third kappa shape index (κ3) is 4.33. The Bertz CT molecular complexity index is 373. The number of hydrogen-bond donors (Lipinski definition) is 2. The number of hydrogen-bond acceptors (Lipinski definition) is 4. The van der Waals surface area contributed by atoms with Crippen molar-refractivity contribution in [1.29, 1.82) is 0 Å². The Balaban J connectivity index is 2.67. The molecular formula is C15H22O4. The number of carbonyl (C=O) groups excluding carboxylic acids is 1. The SMILES string of the molecule is CCC(CO)C(CC)C(O)OC(=O)c1ccccc1. The Kier molecular flexibility index (Phi) is 6.53. The molecule has 0 amide bonds. The number of carbonyl (C=O) groups is 1. The van der Waals surface area contributed by atoms with Gasteiger partial charge in [0.2, 0.25) is 6.29 Å². The van der Waals surface area contributed by atoms with Crippen molar-refractivity contribution in [2.24, 2.45) is 11.8 Å². The van der Waals surface area contributed by atoms with E-state index in [1.165, 1.54) is 0 Å². The molecule has 0 heterocycles. The van der Waals surface area contributed by atoms with E-state index in [9.17, 15) is 15.0 Å². The van der Waals surface area contributed by atoms with Gasteiger partial charge >= 0.3 is 5.97 Å². The number of aliphatic hydroxyl groups is 2. The summed E-state index contributed by atoms with van der Waals surface area (Å²) in [5.74, 6) is -0.856. The molecule has 1 rings (SSSR count). The average molecular weight is 266 g/mol. The first-order chi connectivity index (χ1) is 9.13. The van der Waals surface area contributed by atoms with Crippen LogP contribution in [0.15, 0.2) is 30.3 Å². The van der Waals surface area contributed by atoms with E-state index in [0.717, 1.165) is 6.42 Å². The van der Waals surface area contributed by atoms with Crippen molar-refractivity contribution in [3.05, 3.63) is 35.9 Å². The second-order valence-corrected chi connectivity index (χ2v) is 4.58. The van der Waals surface area contributed by atoms with Gasteiger partial charge in [0.25, 0.3) is 0 Å². The summed E-state index contributed by atoms with van der Waals surface area (Å²) in [5, 5.41) is 19.3. The second kappa shape index (κ2) is 7.92. The van der Waals surface area contributed by atoms with E-state index in [1.807, 2.05) is 13.8 Å². The molecule has 0 aliphatic rings. The number of rotatable bonds is 7. The van der Waals surface area contributed by atoms with Crippen LogP contribution in [0.4, 0.5) is 0 Å². The number of aliphatic hydroxyl groups excluding tert-OH is 2. The zero-order valence-corrected chi connectivity index (χ0v) is 11.5. The van der Waals surface area contributed by atoms with E-state index in [2.05, 4.69) is 0 Å². The number of ether oxygens (including phenoxy) is 1. The topological polar surface area (TPSA) is 66.8 Å². The van der Waals surface area contributed by atoms with Crippen LogP contribution in [-0.2, 0) is 4.74 Å². The van der Waals surface area contributed by atoms with Gasteiger partial charge in [0.1, 0.15) is 0 Å². The highest BCUT2D eigenvalue weighted by atomic mass is 16.6. The average Bonchev–Trinajstić information content (AvgIpc) is 2.45. The van der Waals surface area contributed by atoms with Crippen LogP contribution >= 0.6 is 0 Å². The van der Waals surface area contributed by atoms with Gasteiger partial charge in [0, 0.05) is 12.5 Å². The van der Waals surface area contributed by atoms with Crippen molar-refractivity contribution < 1.29 is 19.7 Å². The van der Waals surface area contributed by atoms with Crippen LogP contribution in [-0.4, -0.2) is 29.1 Å². The van der Waals surface area contributed by atoms with Crippen molar-refractivity contribution in [2.45, 2.75) is 33.0 Å². The molecule has 0 aromatic heterocycles. The molecule has 4 heteroatoms. The van der Waals surface area contributed by atoms with E-state index in [0.29, 0.717) is 12.0 Å². The third-order valence-corrected chi connectivity index (χ3v) is 3.44. The Labute approximate surface area is 114 Å². The molecule has 0 spiro atoms. The maximum atomic E-state index is 11.8. The molecule has 0 aliphatic carbocycles. The predicted molar refractivity (Wildman–Crippen MR) is 72.5 cm³/mol. The molecule has 2 N–H and O–H groups in total. The summed E-state index contributed by atoms with van der Waals surface area (Å²) in [6.07, 6.45) is 0.187. The number of esters is 1. The molecule has 4 nitrogen and oxygen atoms in total. The molecule has 0 saturated carbocycles. The van der Waals surface area contributed by atoms with Crippen molar-refractivity contribution in [1.82, 2.24) is 0 Å². The van der Waals surface area contributed by atoms with Gasteiger partial charge in [0.05, 0.1) is 5.56 Å². The van der Waals surface area contributed by atoms with Crippen molar-refractivity contribution in [2.75, 3.05) is 6.61 Å². The molecule has 1 aromatic rings. The minimum Gasteiger partial charge on any atom is -0.432 e. The Morgan fingerprint density at radius 2 is 1.84 bits per heavy atom. The highest BCUT2D eigenvalue weighted by Gasteiger charge is 2.28. The lowest BCUT2D eigenvalue weighted by Crippen LogP contribution is -2.33. The van der Waals surface area contributed by atoms with Gasteiger partial charge in [-0.2, -0.15) is 0 Å². The standard InChI is InChI=1S/C15H22O4/c1-3-11(10-16)13(4-2)15(18)19-14(17)12-8-6-5-7-9-12/h5-9,11,13,15-16,18H,3-4,10H2,1-2H3. The van der Waals surface area contributed by atoms with Crippen molar-refractivity contribution in [3.8, 4) is 0 Å². The van der Waals surface area contributed by atoms with E-state index in [-0.39, 0.29) is 18.4 Å². The largest absolute Gasteiger partial charge is 0.432 e. The fourth-order valence-corrected chi connectivity index (χ4v) is 2.17. The normalized spacial score (nSPS) is 15.6. The van der Waals surface area contributed by atoms with Crippen LogP contribution in [0.5, 0.6) is 0 Å². The molecule has 0 fully saturated rings. The van der Waals surface area contributed by atoms with E-state index >= 15 is 0 Å². The molecule has 0 radical (unpaired) electrons. The smallest absolute Gasteiger partial charge is 0.340 e. The molecule has 3 unspecified atom stereocenters. The fraction of sp³-hybridized carbons (Fsp3) is 0.533. The molecule has 19 heavy (non-hydrogen) atoms. The van der Waals surface area contributed by atoms with Gasteiger partial charge in [-0.1, -0.05) is 38.5 Å². The zero-order valence-electron chi connectivity index (χ0n) is 11.5. The quantitative estimate of drug-likeness (QED) is 0.586. The monoisotopic (exact) mass is 266 g/mol. The number of benzene rings is 1. The van der Waals surface area contributed by atoms with Gasteiger partial charge in [0.15, 0.2) is 0 Å². The van der Waals surface area contributed by atoms with Crippen molar-refractivity contribution in [3.63, 3.8) is 0 Å². The Hall–Kier alpha value is -1.39. The maximum absolute atomic E-state index is 11.8. The van der Waals surface area contributed by atoms with E-state index < -0.39 is 12.3 Å². The lowest BCUT2D eigenvalue weighted by molar-refractivity contribution is -0.117. The Morgan fingerprint density at radius 3 is 2.32 bits per heavy atom. The first-order valence-corrected chi connectivity index (χ1v) is 6.68. The molecule has 0 saturated heterocycles. The van der Waals surface area contributed by atoms with Crippen LogP contribution in [0.3, 0.4) is 0 Å². The predicted octanol–water partition coefficient (Wildman–Crippen LogP) is 2.21. The van der Waals surface area contributed by atoms with E-state index in [1.54, 1.807) is 30.3 Å². The minimum absolute atomic E-state index is 0.0189. The van der Waals surface area contributed by atoms with Crippen LogP contribution in [0, 0.1) is 11.8 Å². The lowest BCUT2D eigenvalue weighted by atomic mass is 9.88. The molecule has 0 aliphatic heterocycles. The summed E-state index contributed by atoms with van der Waals surface area (Å²) in [5.41, 5.74) is 0.411. The highest BCUT2D eigenvalue weighted by molar-refractivity contribution is 5.89. The first kappa shape index (κ1) is 15.7. The first-order valence-electron chi connectivity index (χ1n) is 6.68. The van der Waals surface area contributed by atoms with Gasteiger partial charge < -0.3 is 14.9 Å². The van der Waals surface area contributed by atoms with E-state index in [4.69, 9.17) is 4.74 Å². The second-order valence-electron chi connectivity index (χ2n) is 4.58. The van der Waals surface area contributed by atoms with Gasteiger partial charge in [-0.15, -0.1) is 0 Å². The summed E-state index contributed by atoms with van der Waals surface area (Å²) in [7, 11) is 0. The molecule has 106 valence electrons. The molecular weight excluding hydrogens is 244 g/mol. The Morgan fingerprint density at radius 1 is 1.21 bits per heavy atom. The summed E-state index contributed by atoms with van der Waals surface area (Å²) in [4.78, 5) is 11.8. The van der Waals surface area contributed by atoms with Gasteiger partial charge in [-0.05, 0) is 24.5 Å². The minimum atomic E-state index is -1.19. The van der Waals surface area contributed by atoms with Crippen LogP contribution in [0.2, 0.25) is 0 Å². The summed E-state index contributed by atoms with van der Waals surface area (Å²) < 4.78 is 5.08. The van der Waals surface area contributed by atoms with Crippen LogP contribution in [0.25, 0.3) is 0 Å². The van der Waals surface area contributed by atoms with Gasteiger partial charge in [-0.3, -0.25) is 0 Å². The highest BCUT2D eigenvalue weighted by Crippen LogP contribution is 2.24. The summed E-state index contributed by atoms with van der Waals surface area (Å²) in [6, 6.07) is 8.56. The zero-order chi connectivity index (χ0) is 14.3. The third-order valence-electron chi connectivity index (χ3n) is 3.44. The molecule has 3 atom stereocenters. The maximum Gasteiger partial charge on any atom is 0.340 e. The molecule has 1 aromatic carbocycles. The molecule has 0 bridgehead atoms. The van der Waals surface area contributed by atoms with Crippen LogP contribution < -0.4 is 0 Å². The lowest BCUT2D eigenvalue weighted by Gasteiger charge is -2.27. The fourth-order valence-electron chi connectivity index (χ4n) is 2.17. The van der Waals surface area contributed by atoms with Crippen molar-refractivity contribution >= 4 is 5.97 Å².